The van der Waals surface area contributed by atoms with E-state index in [1.54, 1.807) is 7.11 Å². The minimum atomic E-state index is 0.0916. The number of carbonyl (C=O) groups is 1. The summed E-state index contributed by atoms with van der Waals surface area (Å²) < 4.78 is 5.15. The van der Waals surface area contributed by atoms with E-state index in [1.807, 2.05) is 0 Å². The number of nitrogens with zero attached hydrogens (tertiary/aromatic N) is 4. The molecule has 1 N–H and O–H groups in total. The predicted molar refractivity (Wildman–Crippen MR) is 77.0 cm³/mol. The normalized spacial score (nSPS) is 18.4. The number of piperidine rings is 1. The maximum atomic E-state index is 11.7. The molecule has 0 radical (unpaired) electrons. The molecule has 21 heavy (non-hydrogen) atoms. The lowest BCUT2D eigenvalue weighted by Gasteiger charge is -2.26. The number of hydrogen-bond donors (Lipinski definition) is 1. The third-order valence-corrected chi connectivity index (χ3v) is 3.84. The Kier molecular flexibility index (Phi) is 4.17. The summed E-state index contributed by atoms with van der Waals surface area (Å²) in [6.07, 6.45) is 5.54. The van der Waals surface area contributed by atoms with Crippen molar-refractivity contribution >= 4 is 11.9 Å². The van der Waals surface area contributed by atoms with Crippen molar-refractivity contribution < 1.29 is 9.53 Å². The fraction of sp³-hybridized carbons (Fsp3) is 0.714. The highest BCUT2D eigenvalue weighted by Gasteiger charge is 2.29. The maximum absolute atomic E-state index is 11.7. The lowest BCUT2D eigenvalue weighted by Crippen LogP contribution is -2.32. The summed E-state index contributed by atoms with van der Waals surface area (Å²) in [6.45, 7) is 2.25. The van der Waals surface area contributed by atoms with Crippen LogP contribution in [0.5, 0.6) is 6.01 Å². The van der Waals surface area contributed by atoms with E-state index in [-0.39, 0.29) is 11.8 Å². The molecular weight excluding hydrogens is 270 g/mol. The van der Waals surface area contributed by atoms with Gasteiger partial charge in [-0.3, -0.25) is 4.79 Å². The van der Waals surface area contributed by atoms with Crippen molar-refractivity contribution in [1.82, 2.24) is 20.3 Å². The Morgan fingerprint density at radius 1 is 1.24 bits per heavy atom. The molecule has 0 aromatic carbocycles. The van der Waals surface area contributed by atoms with Crippen molar-refractivity contribution in [3.8, 4) is 6.01 Å². The van der Waals surface area contributed by atoms with Gasteiger partial charge in [0.15, 0.2) is 5.82 Å². The molecule has 2 heterocycles. The van der Waals surface area contributed by atoms with Gasteiger partial charge in [-0.05, 0) is 32.1 Å². The fourth-order valence-electron chi connectivity index (χ4n) is 2.45. The quantitative estimate of drug-likeness (QED) is 0.868. The molecule has 2 fully saturated rings. The van der Waals surface area contributed by atoms with Gasteiger partial charge in [-0.15, -0.1) is 0 Å². The standard InChI is InChI=1S/C14H21N5O2/c1-21-14-17-11(9-15-12(20)10-5-6-10)16-13(18-14)19-7-3-2-4-8-19/h10H,2-9H2,1H3,(H,15,20). The number of methoxy groups -OCH3 is 1. The molecule has 1 aromatic heterocycles. The van der Waals surface area contributed by atoms with Gasteiger partial charge in [0.1, 0.15) is 0 Å². The van der Waals surface area contributed by atoms with Crippen LogP contribution in [0.3, 0.4) is 0 Å². The summed E-state index contributed by atoms with van der Waals surface area (Å²) in [5.74, 6) is 1.48. The maximum Gasteiger partial charge on any atom is 0.321 e. The molecule has 114 valence electrons. The SMILES string of the molecule is COc1nc(CNC(=O)C2CC2)nc(N2CCCCC2)n1. The Bertz CT molecular complexity index is 512. The van der Waals surface area contributed by atoms with Crippen molar-refractivity contribution in [3.05, 3.63) is 5.82 Å². The van der Waals surface area contributed by atoms with Gasteiger partial charge in [0, 0.05) is 19.0 Å². The topological polar surface area (TPSA) is 80.2 Å². The van der Waals surface area contributed by atoms with E-state index in [1.165, 1.54) is 6.42 Å². The molecule has 0 unspecified atom stereocenters. The first-order valence-electron chi connectivity index (χ1n) is 7.58. The van der Waals surface area contributed by atoms with Crippen molar-refractivity contribution in [2.75, 3.05) is 25.1 Å². The second kappa shape index (κ2) is 6.24. The monoisotopic (exact) mass is 291 g/mol. The fourth-order valence-corrected chi connectivity index (χ4v) is 2.45. The van der Waals surface area contributed by atoms with Crippen molar-refractivity contribution in [3.63, 3.8) is 0 Å². The zero-order chi connectivity index (χ0) is 14.7. The van der Waals surface area contributed by atoms with Gasteiger partial charge < -0.3 is 15.0 Å². The molecule has 1 aromatic rings. The van der Waals surface area contributed by atoms with Gasteiger partial charge in [-0.1, -0.05) is 0 Å². The second-order valence-corrected chi connectivity index (χ2v) is 5.58. The zero-order valence-electron chi connectivity index (χ0n) is 12.3. The first kappa shape index (κ1) is 14.0. The lowest BCUT2D eigenvalue weighted by atomic mass is 10.1. The van der Waals surface area contributed by atoms with Crippen LogP contribution < -0.4 is 15.0 Å². The number of aromatic nitrogens is 3. The van der Waals surface area contributed by atoms with Crippen LogP contribution in [0.1, 0.15) is 37.9 Å². The van der Waals surface area contributed by atoms with E-state index in [4.69, 9.17) is 4.74 Å². The van der Waals surface area contributed by atoms with Crippen LogP contribution in [0.4, 0.5) is 5.95 Å². The Morgan fingerprint density at radius 3 is 2.67 bits per heavy atom. The van der Waals surface area contributed by atoms with Crippen LogP contribution in [-0.4, -0.2) is 41.1 Å². The smallest absolute Gasteiger partial charge is 0.321 e. The predicted octanol–water partition coefficient (Wildman–Crippen LogP) is 0.897. The first-order valence-corrected chi connectivity index (χ1v) is 7.58. The number of rotatable bonds is 5. The molecule has 0 atom stereocenters. The van der Waals surface area contributed by atoms with Crippen molar-refractivity contribution in [1.29, 1.82) is 0 Å². The molecule has 0 bridgehead atoms. The molecule has 0 spiro atoms. The number of hydrogen-bond acceptors (Lipinski definition) is 6. The highest BCUT2D eigenvalue weighted by atomic mass is 16.5. The molecule has 7 nitrogen and oxygen atoms in total. The zero-order valence-corrected chi connectivity index (χ0v) is 12.3. The summed E-state index contributed by atoms with van der Waals surface area (Å²) in [5.41, 5.74) is 0. The summed E-state index contributed by atoms with van der Waals surface area (Å²) in [4.78, 5) is 26.8. The third kappa shape index (κ3) is 3.59. The number of carbonyl (C=O) groups excluding carboxylic acids is 1. The van der Waals surface area contributed by atoms with Crippen LogP contribution in [0.25, 0.3) is 0 Å². The van der Waals surface area contributed by atoms with Crippen molar-refractivity contribution in [2.24, 2.45) is 5.92 Å². The second-order valence-electron chi connectivity index (χ2n) is 5.58. The van der Waals surface area contributed by atoms with Crippen molar-refractivity contribution in [2.45, 2.75) is 38.6 Å². The van der Waals surface area contributed by atoms with Gasteiger partial charge in [-0.2, -0.15) is 15.0 Å². The molecule has 3 rings (SSSR count). The summed E-state index contributed by atoms with van der Waals surface area (Å²) in [7, 11) is 1.54. The van der Waals surface area contributed by atoms with E-state index in [0.29, 0.717) is 24.3 Å². The van der Waals surface area contributed by atoms with Crippen LogP contribution in [0.15, 0.2) is 0 Å². The Labute approximate surface area is 124 Å². The minimum Gasteiger partial charge on any atom is -0.467 e. The molecular formula is C14H21N5O2. The van der Waals surface area contributed by atoms with Crippen LogP contribution in [0.2, 0.25) is 0 Å². The number of ether oxygens (including phenoxy) is 1. The van der Waals surface area contributed by atoms with E-state index in [0.717, 1.165) is 38.8 Å². The molecule has 1 aliphatic carbocycles. The first-order chi connectivity index (χ1) is 10.3. The molecule has 1 saturated heterocycles. The third-order valence-electron chi connectivity index (χ3n) is 3.84. The Hall–Kier alpha value is -1.92. The van der Waals surface area contributed by atoms with Gasteiger partial charge in [0.05, 0.1) is 13.7 Å². The summed E-state index contributed by atoms with van der Waals surface area (Å²) >= 11 is 0. The largest absolute Gasteiger partial charge is 0.467 e. The highest BCUT2D eigenvalue weighted by molar-refractivity contribution is 5.80. The summed E-state index contributed by atoms with van der Waals surface area (Å²) in [5, 5.41) is 2.88. The number of nitrogens with one attached hydrogen (secondary N) is 1. The van der Waals surface area contributed by atoms with Crippen LogP contribution in [0, 0.1) is 5.92 Å². The average molecular weight is 291 g/mol. The van der Waals surface area contributed by atoms with Gasteiger partial charge >= 0.3 is 6.01 Å². The molecule has 2 aliphatic rings. The minimum absolute atomic E-state index is 0.0916. The molecule has 1 aliphatic heterocycles. The van der Waals surface area contributed by atoms with E-state index in [2.05, 4.69) is 25.2 Å². The van der Waals surface area contributed by atoms with E-state index < -0.39 is 0 Å². The lowest BCUT2D eigenvalue weighted by molar-refractivity contribution is -0.122. The van der Waals surface area contributed by atoms with Gasteiger partial charge in [0.2, 0.25) is 11.9 Å². The Morgan fingerprint density at radius 2 is 2.00 bits per heavy atom. The number of amides is 1. The summed E-state index contributed by atoms with van der Waals surface area (Å²) in [6, 6.07) is 0.307. The number of anilines is 1. The van der Waals surface area contributed by atoms with Crippen LogP contribution >= 0.6 is 0 Å². The Balaban J connectivity index is 1.70. The van der Waals surface area contributed by atoms with E-state index >= 15 is 0 Å². The molecule has 7 heteroatoms. The van der Waals surface area contributed by atoms with E-state index in [9.17, 15) is 4.79 Å². The average Bonchev–Trinajstić information content (AvgIpc) is 3.38. The molecule has 1 saturated carbocycles. The van der Waals surface area contributed by atoms with Gasteiger partial charge in [-0.25, -0.2) is 0 Å². The highest BCUT2D eigenvalue weighted by Crippen LogP contribution is 2.28. The van der Waals surface area contributed by atoms with Gasteiger partial charge in [0.25, 0.3) is 0 Å². The van der Waals surface area contributed by atoms with Crippen LogP contribution in [-0.2, 0) is 11.3 Å². The molecule has 1 amide bonds.